The zero-order valence-electron chi connectivity index (χ0n) is 6.54. The maximum absolute atomic E-state index is 11.2. The molecule has 2 fully saturated rings. The molecule has 0 aromatic carbocycles. The molecule has 6 heteroatoms. The lowest BCUT2D eigenvalue weighted by molar-refractivity contribution is -0.142. The van der Waals surface area contributed by atoms with Crippen LogP contribution in [0.3, 0.4) is 0 Å². The minimum absolute atomic E-state index is 0.119. The van der Waals surface area contributed by atoms with Crippen molar-refractivity contribution in [3.8, 4) is 0 Å². The molecule has 2 aliphatic rings. The first-order valence-electron chi connectivity index (χ1n) is 3.87. The maximum Gasteiger partial charge on any atom is 0.312 e. The molecule has 1 heterocycles. The van der Waals surface area contributed by atoms with Gasteiger partial charge in [-0.1, -0.05) is 0 Å². The summed E-state index contributed by atoms with van der Waals surface area (Å²) in [6.45, 7) is 0. The normalized spacial score (nSPS) is 47.0. The smallest absolute Gasteiger partial charge is 0.312 e. The minimum Gasteiger partial charge on any atom is -0.616 e. The quantitative estimate of drug-likeness (QED) is 0.571. The van der Waals surface area contributed by atoms with E-state index in [-0.39, 0.29) is 5.75 Å². The van der Waals surface area contributed by atoms with E-state index in [1.807, 2.05) is 0 Å². The molecule has 5 atom stereocenters. The van der Waals surface area contributed by atoms with Gasteiger partial charge < -0.3 is 14.8 Å². The van der Waals surface area contributed by atoms with Crippen LogP contribution in [0.1, 0.15) is 0 Å². The summed E-state index contributed by atoms with van der Waals surface area (Å²) in [6.07, 6.45) is 0. The second kappa shape index (κ2) is 2.62. The summed E-state index contributed by atoms with van der Waals surface area (Å²) in [7, 11) is 0. The Morgan fingerprint density at radius 2 is 1.92 bits per heavy atom. The summed E-state index contributed by atoms with van der Waals surface area (Å²) in [4.78, 5) is 21.2. The molecule has 2 N–H and O–H groups in total. The second-order valence-corrected chi connectivity index (χ2v) is 5.04. The molecule has 1 saturated carbocycles. The van der Waals surface area contributed by atoms with Gasteiger partial charge in [0.25, 0.3) is 0 Å². The second-order valence-electron chi connectivity index (χ2n) is 3.40. The predicted octanol–water partition coefficient (Wildman–Crippen LogP) is -0.851. The van der Waals surface area contributed by atoms with Gasteiger partial charge in [0.05, 0.1) is 0 Å². The summed E-state index contributed by atoms with van der Waals surface area (Å²) >= 11 is -1.26. The lowest BCUT2D eigenvalue weighted by Gasteiger charge is -2.09. The number of hydrogen-bond acceptors (Lipinski definition) is 3. The van der Waals surface area contributed by atoms with E-state index in [9.17, 15) is 14.1 Å². The Hall–Kier alpha value is -0.750. The highest BCUT2D eigenvalue weighted by Gasteiger charge is 2.72. The van der Waals surface area contributed by atoms with Crippen molar-refractivity contribution >= 4 is 23.1 Å². The Morgan fingerprint density at radius 1 is 1.31 bits per heavy atom. The van der Waals surface area contributed by atoms with Crippen LogP contribution in [0.25, 0.3) is 0 Å². The summed E-state index contributed by atoms with van der Waals surface area (Å²) in [5, 5.41) is 16.9. The molecular weight excluding hydrogens is 196 g/mol. The van der Waals surface area contributed by atoms with Crippen LogP contribution < -0.4 is 0 Å². The standard InChI is InChI=1S/C7H8O5S/c8-6(9)2-1-13(12)5-3(2)4(5)7(10)11/h2-5H,1H2,(H,8,9)(H,10,11). The largest absolute Gasteiger partial charge is 0.616 e. The molecule has 72 valence electrons. The summed E-state index contributed by atoms with van der Waals surface area (Å²) in [5.74, 6) is -3.72. The molecule has 0 spiro atoms. The van der Waals surface area contributed by atoms with Gasteiger partial charge in [-0.05, 0) is 11.2 Å². The Bertz CT molecular complexity index is 278. The van der Waals surface area contributed by atoms with Gasteiger partial charge in [-0.15, -0.1) is 0 Å². The number of fused-ring (bicyclic) bond motifs is 1. The van der Waals surface area contributed by atoms with Gasteiger partial charge in [0.1, 0.15) is 22.8 Å². The van der Waals surface area contributed by atoms with Crippen molar-refractivity contribution in [2.45, 2.75) is 5.25 Å². The van der Waals surface area contributed by atoms with E-state index >= 15 is 0 Å². The average molecular weight is 204 g/mol. The van der Waals surface area contributed by atoms with Gasteiger partial charge in [0.15, 0.2) is 0 Å². The first kappa shape index (κ1) is 8.83. The van der Waals surface area contributed by atoms with E-state index in [4.69, 9.17) is 10.2 Å². The van der Waals surface area contributed by atoms with Crippen LogP contribution in [0.5, 0.6) is 0 Å². The minimum atomic E-state index is -1.26. The Balaban J connectivity index is 2.14. The number of carboxylic acid groups (broad SMARTS) is 2. The van der Waals surface area contributed by atoms with Gasteiger partial charge in [0, 0.05) is 5.92 Å². The summed E-state index contributed by atoms with van der Waals surface area (Å²) in [5.41, 5.74) is 0. The van der Waals surface area contributed by atoms with Gasteiger partial charge >= 0.3 is 11.9 Å². The molecule has 1 aliphatic heterocycles. The van der Waals surface area contributed by atoms with Crippen molar-refractivity contribution in [3.63, 3.8) is 0 Å². The van der Waals surface area contributed by atoms with Crippen LogP contribution in [0.2, 0.25) is 0 Å². The zero-order chi connectivity index (χ0) is 9.75. The van der Waals surface area contributed by atoms with Crippen LogP contribution in [0.15, 0.2) is 0 Å². The topological polar surface area (TPSA) is 97.7 Å². The monoisotopic (exact) mass is 204 g/mol. The first-order chi connectivity index (χ1) is 6.04. The summed E-state index contributed by atoms with van der Waals surface area (Å²) < 4.78 is 11.2. The Labute approximate surface area is 76.9 Å². The number of rotatable bonds is 2. The number of carbonyl (C=O) groups is 2. The molecule has 0 aromatic rings. The molecule has 13 heavy (non-hydrogen) atoms. The Morgan fingerprint density at radius 3 is 2.31 bits per heavy atom. The molecule has 0 aromatic heterocycles. The lowest BCUT2D eigenvalue weighted by atomic mass is 10.1. The highest BCUT2D eigenvalue weighted by Crippen LogP contribution is 2.55. The molecule has 0 radical (unpaired) electrons. The van der Waals surface area contributed by atoms with Gasteiger partial charge in [-0.2, -0.15) is 0 Å². The maximum atomic E-state index is 11.2. The van der Waals surface area contributed by atoms with Crippen molar-refractivity contribution in [2.24, 2.45) is 17.8 Å². The fourth-order valence-corrected chi connectivity index (χ4v) is 4.25. The molecule has 0 amide bonds. The van der Waals surface area contributed by atoms with Gasteiger partial charge in [-0.25, -0.2) is 0 Å². The van der Waals surface area contributed by atoms with Crippen LogP contribution in [0, 0.1) is 17.8 Å². The van der Waals surface area contributed by atoms with E-state index in [2.05, 4.69) is 0 Å². The molecule has 1 saturated heterocycles. The molecule has 2 rings (SSSR count). The Kier molecular flexibility index (Phi) is 1.78. The predicted molar refractivity (Wildman–Crippen MR) is 42.5 cm³/mol. The number of carboxylic acids is 2. The molecular formula is C7H8O5S. The zero-order valence-corrected chi connectivity index (χ0v) is 7.36. The van der Waals surface area contributed by atoms with E-state index in [1.165, 1.54) is 0 Å². The third kappa shape index (κ3) is 1.13. The fraction of sp³-hybridized carbons (Fsp3) is 0.714. The summed E-state index contributed by atoms with van der Waals surface area (Å²) in [6, 6.07) is 0. The molecule has 0 bridgehead atoms. The number of hydrogen-bond donors (Lipinski definition) is 2. The van der Waals surface area contributed by atoms with Crippen molar-refractivity contribution < 1.29 is 24.4 Å². The van der Waals surface area contributed by atoms with Crippen molar-refractivity contribution in [1.82, 2.24) is 0 Å². The van der Waals surface area contributed by atoms with Crippen LogP contribution in [-0.4, -0.2) is 37.7 Å². The number of aliphatic carboxylic acids is 2. The van der Waals surface area contributed by atoms with Gasteiger partial charge in [-0.3, -0.25) is 9.59 Å². The SMILES string of the molecule is O=C(O)C1C[S+]([O-])C2C(C(=O)O)C12. The molecule has 1 aliphatic carbocycles. The first-order valence-corrected chi connectivity index (χ1v) is 5.25. The van der Waals surface area contributed by atoms with Crippen LogP contribution >= 0.6 is 0 Å². The van der Waals surface area contributed by atoms with Crippen LogP contribution in [0.4, 0.5) is 0 Å². The molecule has 5 unspecified atom stereocenters. The van der Waals surface area contributed by atoms with Gasteiger partial charge in [0.2, 0.25) is 0 Å². The van der Waals surface area contributed by atoms with Crippen molar-refractivity contribution in [1.29, 1.82) is 0 Å². The van der Waals surface area contributed by atoms with E-state index in [0.717, 1.165) is 0 Å². The third-order valence-corrected chi connectivity index (χ3v) is 4.62. The average Bonchev–Trinajstić information content (AvgIpc) is 2.66. The fourth-order valence-electron chi connectivity index (χ4n) is 2.06. The van der Waals surface area contributed by atoms with Crippen LogP contribution in [-0.2, 0) is 20.8 Å². The van der Waals surface area contributed by atoms with E-state index in [0.29, 0.717) is 0 Å². The molecule has 5 nitrogen and oxygen atoms in total. The van der Waals surface area contributed by atoms with Crippen molar-refractivity contribution in [2.75, 3.05) is 5.75 Å². The highest BCUT2D eigenvalue weighted by atomic mass is 32.2. The van der Waals surface area contributed by atoms with Crippen molar-refractivity contribution in [3.05, 3.63) is 0 Å². The third-order valence-electron chi connectivity index (χ3n) is 2.72. The van der Waals surface area contributed by atoms with E-state index in [1.54, 1.807) is 0 Å². The lowest BCUT2D eigenvalue weighted by Crippen LogP contribution is -2.24. The highest BCUT2D eigenvalue weighted by molar-refractivity contribution is 7.92. The van der Waals surface area contributed by atoms with E-state index < -0.39 is 46.1 Å².